The van der Waals surface area contributed by atoms with Crippen molar-refractivity contribution in [1.29, 1.82) is 0 Å². The third-order valence-electron chi connectivity index (χ3n) is 1.81. The number of hydrogen-bond donors (Lipinski definition) is 1. The smallest absolute Gasteiger partial charge is 0.339 e. The van der Waals surface area contributed by atoms with E-state index < -0.39 is 11.9 Å². The zero-order valence-electron chi connectivity index (χ0n) is 9.38. The average Bonchev–Trinajstić information content (AvgIpc) is 2.30. The van der Waals surface area contributed by atoms with E-state index in [2.05, 4.69) is 4.98 Å². The molecule has 6 heteroatoms. The van der Waals surface area contributed by atoms with Gasteiger partial charge in [-0.25, -0.2) is 9.78 Å². The van der Waals surface area contributed by atoms with Gasteiger partial charge in [0.05, 0.1) is 23.6 Å². The molecule has 0 saturated carbocycles. The second-order valence-electron chi connectivity index (χ2n) is 3.10. The summed E-state index contributed by atoms with van der Waals surface area (Å²) in [6.07, 6.45) is 1.52. The molecule has 0 atom stereocenters. The van der Waals surface area contributed by atoms with E-state index in [0.717, 1.165) is 0 Å². The predicted octanol–water partition coefficient (Wildman–Crippen LogP) is 1.83. The van der Waals surface area contributed by atoms with Gasteiger partial charge in [0.15, 0.2) is 0 Å². The van der Waals surface area contributed by atoms with Crippen molar-refractivity contribution in [2.45, 2.75) is 18.4 Å². The number of esters is 1. The fraction of sp³-hybridized carbons (Fsp3) is 0.364. The molecule has 0 spiro atoms. The standard InChI is InChI=1S/C11H13NO4S/c1-2-16-11(15)8-3-4-9(12-7-8)17-6-5-10(13)14/h3-4,7H,2,5-6H2,1H3,(H,13,14). The molecule has 0 saturated heterocycles. The van der Waals surface area contributed by atoms with E-state index in [4.69, 9.17) is 9.84 Å². The lowest BCUT2D eigenvalue weighted by molar-refractivity contribution is -0.136. The van der Waals surface area contributed by atoms with Gasteiger partial charge in [-0.2, -0.15) is 0 Å². The van der Waals surface area contributed by atoms with Crippen molar-refractivity contribution in [1.82, 2.24) is 4.98 Å². The zero-order valence-corrected chi connectivity index (χ0v) is 10.2. The number of aliphatic carboxylic acids is 1. The van der Waals surface area contributed by atoms with Gasteiger partial charge >= 0.3 is 11.9 Å². The first-order valence-electron chi connectivity index (χ1n) is 5.11. The number of carbonyl (C=O) groups is 2. The number of ether oxygens (including phenoxy) is 1. The fourth-order valence-electron chi connectivity index (χ4n) is 1.04. The van der Waals surface area contributed by atoms with Gasteiger partial charge in [-0.3, -0.25) is 4.79 Å². The summed E-state index contributed by atoms with van der Waals surface area (Å²) in [4.78, 5) is 25.7. The van der Waals surface area contributed by atoms with Crippen molar-refractivity contribution < 1.29 is 19.4 Å². The Kier molecular flexibility index (Phi) is 5.48. The van der Waals surface area contributed by atoms with Crippen molar-refractivity contribution in [2.24, 2.45) is 0 Å². The minimum Gasteiger partial charge on any atom is -0.481 e. The third-order valence-corrected chi connectivity index (χ3v) is 2.76. The molecule has 0 unspecified atom stereocenters. The summed E-state index contributed by atoms with van der Waals surface area (Å²) < 4.78 is 4.82. The SMILES string of the molecule is CCOC(=O)c1ccc(SCCC(=O)O)nc1. The normalized spacial score (nSPS) is 9.94. The van der Waals surface area contributed by atoms with E-state index in [1.54, 1.807) is 19.1 Å². The molecule has 0 aliphatic rings. The van der Waals surface area contributed by atoms with E-state index in [1.165, 1.54) is 18.0 Å². The molecule has 0 bridgehead atoms. The van der Waals surface area contributed by atoms with Gasteiger partial charge in [0.25, 0.3) is 0 Å². The van der Waals surface area contributed by atoms with Crippen LogP contribution >= 0.6 is 11.8 Å². The van der Waals surface area contributed by atoms with Crippen molar-refractivity contribution in [2.75, 3.05) is 12.4 Å². The summed E-state index contributed by atoms with van der Waals surface area (Å²) >= 11 is 1.34. The first-order valence-corrected chi connectivity index (χ1v) is 6.09. The first-order chi connectivity index (χ1) is 8.13. The molecule has 0 fully saturated rings. The molecular weight excluding hydrogens is 242 g/mol. The maximum absolute atomic E-state index is 11.3. The van der Waals surface area contributed by atoms with Gasteiger partial charge in [-0.1, -0.05) is 0 Å². The zero-order chi connectivity index (χ0) is 12.7. The number of aromatic nitrogens is 1. The van der Waals surface area contributed by atoms with Crippen LogP contribution in [0.1, 0.15) is 23.7 Å². The highest BCUT2D eigenvalue weighted by atomic mass is 32.2. The molecule has 0 amide bonds. The monoisotopic (exact) mass is 255 g/mol. The summed E-state index contributed by atoms with van der Waals surface area (Å²) in [5.74, 6) is -0.774. The number of carboxylic acid groups (broad SMARTS) is 1. The third kappa shape index (κ3) is 4.86. The van der Waals surface area contributed by atoms with Crippen LogP contribution in [0.25, 0.3) is 0 Å². The van der Waals surface area contributed by atoms with Gasteiger partial charge in [-0.15, -0.1) is 11.8 Å². The Morgan fingerprint density at radius 1 is 1.47 bits per heavy atom. The van der Waals surface area contributed by atoms with Gasteiger partial charge in [0.1, 0.15) is 0 Å². The molecule has 0 radical (unpaired) electrons. The molecule has 17 heavy (non-hydrogen) atoms. The van der Waals surface area contributed by atoms with Crippen LogP contribution < -0.4 is 0 Å². The Morgan fingerprint density at radius 3 is 2.76 bits per heavy atom. The highest BCUT2D eigenvalue weighted by Crippen LogP contribution is 2.16. The van der Waals surface area contributed by atoms with Crippen molar-refractivity contribution in [3.8, 4) is 0 Å². The highest BCUT2D eigenvalue weighted by molar-refractivity contribution is 7.99. The lowest BCUT2D eigenvalue weighted by atomic mass is 10.3. The fourth-order valence-corrected chi connectivity index (χ4v) is 1.82. The molecular formula is C11H13NO4S. The number of thioether (sulfide) groups is 1. The predicted molar refractivity (Wildman–Crippen MR) is 63.2 cm³/mol. The highest BCUT2D eigenvalue weighted by Gasteiger charge is 2.07. The Balaban J connectivity index is 2.50. The minimum absolute atomic E-state index is 0.0893. The molecule has 1 rings (SSSR count). The molecule has 0 aliphatic heterocycles. The Morgan fingerprint density at radius 2 is 2.24 bits per heavy atom. The van der Waals surface area contributed by atoms with Gasteiger partial charge in [0.2, 0.25) is 0 Å². The number of carboxylic acids is 1. The van der Waals surface area contributed by atoms with E-state index in [1.807, 2.05) is 0 Å². The molecule has 0 aromatic carbocycles. The maximum Gasteiger partial charge on any atom is 0.339 e. The van der Waals surface area contributed by atoms with Crippen LogP contribution in [0, 0.1) is 0 Å². The maximum atomic E-state index is 11.3. The molecule has 1 heterocycles. The Labute approximate surface area is 103 Å². The van der Waals surface area contributed by atoms with Crippen LogP contribution in [0.15, 0.2) is 23.4 Å². The lowest BCUT2D eigenvalue weighted by Gasteiger charge is -2.02. The number of rotatable bonds is 6. The second-order valence-corrected chi connectivity index (χ2v) is 4.21. The summed E-state index contributed by atoms with van der Waals surface area (Å²) in [7, 11) is 0. The number of nitrogens with zero attached hydrogens (tertiary/aromatic N) is 1. The molecule has 0 aliphatic carbocycles. The van der Waals surface area contributed by atoms with Gasteiger partial charge < -0.3 is 9.84 Å². The van der Waals surface area contributed by atoms with Crippen LogP contribution in [0.5, 0.6) is 0 Å². The Bertz CT molecular complexity index is 391. The lowest BCUT2D eigenvalue weighted by Crippen LogP contribution is -2.05. The summed E-state index contributed by atoms with van der Waals surface area (Å²) in [5, 5.41) is 9.17. The van der Waals surface area contributed by atoms with E-state index >= 15 is 0 Å². The summed E-state index contributed by atoms with van der Waals surface area (Å²) in [6, 6.07) is 3.30. The van der Waals surface area contributed by atoms with Crippen molar-refractivity contribution in [3.63, 3.8) is 0 Å². The molecule has 1 aromatic heterocycles. The minimum atomic E-state index is -0.833. The van der Waals surface area contributed by atoms with E-state index in [0.29, 0.717) is 22.9 Å². The van der Waals surface area contributed by atoms with Crippen LogP contribution in [-0.2, 0) is 9.53 Å². The topological polar surface area (TPSA) is 76.5 Å². The quantitative estimate of drug-likeness (QED) is 0.617. The van der Waals surface area contributed by atoms with Crippen LogP contribution in [-0.4, -0.2) is 34.4 Å². The number of hydrogen-bond acceptors (Lipinski definition) is 5. The number of pyridine rings is 1. The summed E-state index contributed by atoms with van der Waals surface area (Å²) in [5.41, 5.74) is 0.398. The van der Waals surface area contributed by atoms with Crippen molar-refractivity contribution >= 4 is 23.7 Å². The van der Waals surface area contributed by atoms with Crippen LogP contribution in [0.2, 0.25) is 0 Å². The second kappa shape index (κ2) is 6.90. The van der Waals surface area contributed by atoms with Crippen LogP contribution in [0.3, 0.4) is 0 Å². The molecule has 1 N–H and O–H groups in total. The summed E-state index contributed by atoms with van der Waals surface area (Å²) in [6.45, 7) is 2.06. The van der Waals surface area contributed by atoms with E-state index in [9.17, 15) is 9.59 Å². The molecule has 92 valence electrons. The Hall–Kier alpha value is -1.56. The average molecular weight is 255 g/mol. The largest absolute Gasteiger partial charge is 0.481 e. The van der Waals surface area contributed by atoms with Crippen molar-refractivity contribution in [3.05, 3.63) is 23.9 Å². The van der Waals surface area contributed by atoms with Crippen LogP contribution in [0.4, 0.5) is 0 Å². The first kappa shape index (κ1) is 13.5. The van der Waals surface area contributed by atoms with Gasteiger partial charge in [0, 0.05) is 11.9 Å². The number of carbonyl (C=O) groups excluding carboxylic acids is 1. The van der Waals surface area contributed by atoms with E-state index in [-0.39, 0.29) is 6.42 Å². The molecule has 1 aromatic rings. The van der Waals surface area contributed by atoms with Gasteiger partial charge in [-0.05, 0) is 19.1 Å². The molecule has 5 nitrogen and oxygen atoms in total.